The van der Waals surface area contributed by atoms with E-state index in [0.717, 1.165) is 5.69 Å². The molecule has 0 unspecified atom stereocenters. The highest BCUT2D eigenvalue weighted by Gasteiger charge is 2.53. The summed E-state index contributed by atoms with van der Waals surface area (Å²) in [5.74, 6) is -1.08. The fourth-order valence-corrected chi connectivity index (χ4v) is 2.25. The first kappa shape index (κ1) is 11.6. The number of Topliss-reactive ketones (excluding diaryl/α,β-unsaturated/α-hetero) is 1. The number of ketones is 1. The van der Waals surface area contributed by atoms with Crippen LogP contribution in [-0.2, 0) is 15.0 Å². The van der Waals surface area contributed by atoms with Crippen LogP contribution in [0.4, 0.5) is 0 Å². The third-order valence-electron chi connectivity index (χ3n) is 3.41. The van der Waals surface area contributed by atoms with Gasteiger partial charge < -0.3 is 5.11 Å². The van der Waals surface area contributed by atoms with Crippen molar-refractivity contribution in [3.05, 3.63) is 42.2 Å². The Morgan fingerprint density at radius 1 is 1.26 bits per heavy atom. The highest BCUT2D eigenvalue weighted by Crippen LogP contribution is 2.40. The zero-order valence-electron chi connectivity index (χ0n) is 9.98. The van der Waals surface area contributed by atoms with Crippen molar-refractivity contribution in [2.24, 2.45) is 0 Å². The smallest absolute Gasteiger partial charge is 0.316 e. The van der Waals surface area contributed by atoms with Crippen LogP contribution in [-0.4, -0.2) is 31.9 Å². The van der Waals surface area contributed by atoms with E-state index >= 15 is 0 Å². The summed E-state index contributed by atoms with van der Waals surface area (Å²) >= 11 is 0. The van der Waals surface area contributed by atoms with Gasteiger partial charge in [-0.15, -0.1) is 5.10 Å². The second-order valence-corrected chi connectivity index (χ2v) is 4.66. The Kier molecular flexibility index (Phi) is 2.45. The van der Waals surface area contributed by atoms with Crippen LogP contribution in [0.25, 0.3) is 5.69 Å². The van der Waals surface area contributed by atoms with Crippen molar-refractivity contribution in [1.29, 1.82) is 0 Å². The maximum atomic E-state index is 11.4. The molecule has 1 aliphatic rings. The van der Waals surface area contributed by atoms with Crippen molar-refractivity contribution < 1.29 is 14.7 Å². The van der Waals surface area contributed by atoms with E-state index in [1.807, 2.05) is 30.3 Å². The molecule has 1 aromatic heterocycles. The van der Waals surface area contributed by atoms with Crippen molar-refractivity contribution in [1.82, 2.24) is 15.0 Å². The molecule has 0 spiro atoms. The predicted octanol–water partition coefficient (Wildman–Crippen LogP) is 0.953. The standard InChI is InChI=1S/C13H11N3O3/c17-10-6-13(7-10,12(18)19)11-8-16(15-14-11)9-4-2-1-3-5-9/h1-5,8H,6-7H2,(H,18,19). The summed E-state index contributed by atoms with van der Waals surface area (Å²) in [6.45, 7) is 0. The summed E-state index contributed by atoms with van der Waals surface area (Å²) in [7, 11) is 0. The Balaban J connectivity index is 1.98. The van der Waals surface area contributed by atoms with Gasteiger partial charge in [0, 0.05) is 12.8 Å². The number of carboxylic acid groups (broad SMARTS) is 1. The van der Waals surface area contributed by atoms with Crippen molar-refractivity contribution in [2.75, 3.05) is 0 Å². The van der Waals surface area contributed by atoms with Crippen molar-refractivity contribution in [3.8, 4) is 5.69 Å². The van der Waals surface area contributed by atoms with Crippen molar-refractivity contribution in [3.63, 3.8) is 0 Å². The Labute approximate surface area is 108 Å². The number of hydrogen-bond acceptors (Lipinski definition) is 4. The summed E-state index contributed by atoms with van der Waals surface area (Å²) in [4.78, 5) is 22.5. The molecule has 1 aromatic carbocycles. The van der Waals surface area contributed by atoms with Gasteiger partial charge in [-0.2, -0.15) is 0 Å². The number of aliphatic carboxylic acids is 1. The summed E-state index contributed by atoms with van der Waals surface area (Å²) in [5, 5.41) is 17.2. The molecular weight excluding hydrogens is 246 g/mol. The van der Waals surface area contributed by atoms with Gasteiger partial charge in [0.25, 0.3) is 0 Å². The van der Waals surface area contributed by atoms with E-state index in [-0.39, 0.29) is 18.6 Å². The van der Waals surface area contributed by atoms with Gasteiger partial charge >= 0.3 is 5.97 Å². The Bertz CT molecular complexity index is 640. The van der Waals surface area contributed by atoms with Crippen LogP contribution in [0.1, 0.15) is 18.5 Å². The lowest BCUT2D eigenvalue weighted by Crippen LogP contribution is -2.48. The summed E-state index contributed by atoms with van der Waals surface area (Å²) in [6, 6.07) is 9.29. The number of para-hydroxylation sites is 1. The molecule has 0 bridgehead atoms. The number of hydrogen-bond donors (Lipinski definition) is 1. The van der Waals surface area contributed by atoms with Gasteiger partial charge in [0.05, 0.1) is 11.9 Å². The number of carboxylic acids is 1. The lowest BCUT2D eigenvalue weighted by Gasteiger charge is -2.33. The number of carbonyl (C=O) groups excluding carboxylic acids is 1. The number of benzene rings is 1. The van der Waals surface area contributed by atoms with Crippen LogP contribution in [0.15, 0.2) is 36.5 Å². The van der Waals surface area contributed by atoms with E-state index in [0.29, 0.717) is 5.69 Å². The first-order chi connectivity index (χ1) is 9.12. The third-order valence-corrected chi connectivity index (χ3v) is 3.41. The molecule has 1 heterocycles. The van der Waals surface area contributed by atoms with E-state index in [4.69, 9.17) is 0 Å². The topological polar surface area (TPSA) is 85.1 Å². The maximum Gasteiger partial charge on any atom is 0.316 e. The molecule has 1 aliphatic carbocycles. The van der Waals surface area contributed by atoms with E-state index < -0.39 is 11.4 Å². The monoisotopic (exact) mass is 257 g/mol. The van der Waals surface area contributed by atoms with Crippen LogP contribution < -0.4 is 0 Å². The Morgan fingerprint density at radius 2 is 1.95 bits per heavy atom. The van der Waals surface area contributed by atoms with Crippen LogP contribution in [0, 0.1) is 0 Å². The minimum absolute atomic E-state index is 0.00415. The van der Waals surface area contributed by atoms with Gasteiger partial charge in [-0.05, 0) is 12.1 Å². The Hall–Kier alpha value is -2.50. The molecule has 1 saturated carbocycles. The van der Waals surface area contributed by atoms with Gasteiger partial charge in [0.15, 0.2) is 0 Å². The van der Waals surface area contributed by atoms with Gasteiger partial charge in [-0.3, -0.25) is 9.59 Å². The molecule has 0 aliphatic heterocycles. The molecule has 6 nitrogen and oxygen atoms in total. The minimum atomic E-state index is -1.19. The molecule has 0 saturated heterocycles. The van der Waals surface area contributed by atoms with E-state index in [2.05, 4.69) is 10.3 Å². The largest absolute Gasteiger partial charge is 0.481 e. The molecule has 1 fully saturated rings. The van der Waals surface area contributed by atoms with E-state index in [1.165, 1.54) is 4.68 Å². The van der Waals surface area contributed by atoms with Gasteiger partial charge in [-0.25, -0.2) is 4.68 Å². The third kappa shape index (κ3) is 1.72. The first-order valence-electron chi connectivity index (χ1n) is 5.85. The number of rotatable bonds is 3. The molecule has 3 rings (SSSR count). The fraction of sp³-hybridized carbons (Fsp3) is 0.231. The molecule has 1 N–H and O–H groups in total. The van der Waals surface area contributed by atoms with Crippen molar-refractivity contribution in [2.45, 2.75) is 18.3 Å². The van der Waals surface area contributed by atoms with Gasteiger partial charge in [0.2, 0.25) is 0 Å². The minimum Gasteiger partial charge on any atom is -0.481 e. The average molecular weight is 257 g/mol. The van der Waals surface area contributed by atoms with Crippen LogP contribution in [0.5, 0.6) is 0 Å². The highest BCUT2D eigenvalue weighted by atomic mass is 16.4. The molecule has 0 atom stereocenters. The molecule has 0 radical (unpaired) electrons. The van der Waals surface area contributed by atoms with Crippen LogP contribution in [0.3, 0.4) is 0 Å². The molecule has 0 amide bonds. The predicted molar refractivity (Wildman–Crippen MR) is 64.9 cm³/mol. The lowest BCUT2D eigenvalue weighted by molar-refractivity contribution is -0.153. The summed E-state index contributed by atoms with van der Waals surface area (Å²) in [5.41, 5.74) is -0.0553. The van der Waals surface area contributed by atoms with Crippen molar-refractivity contribution >= 4 is 11.8 Å². The molecule has 2 aromatic rings. The molecular formula is C13H11N3O3. The average Bonchev–Trinajstić information content (AvgIpc) is 2.85. The van der Waals surface area contributed by atoms with E-state index in [9.17, 15) is 14.7 Å². The second kappa shape index (κ2) is 4.01. The van der Waals surface area contributed by atoms with Gasteiger partial charge in [0.1, 0.15) is 16.9 Å². The summed E-state index contributed by atoms with van der Waals surface area (Å²) < 4.78 is 1.52. The van der Waals surface area contributed by atoms with Crippen LogP contribution >= 0.6 is 0 Å². The molecule has 19 heavy (non-hydrogen) atoms. The number of carbonyl (C=O) groups is 2. The quantitative estimate of drug-likeness (QED) is 0.884. The lowest BCUT2D eigenvalue weighted by atomic mass is 9.66. The molecule has 96 valence electrons. The highest BCUT2D eigenvalue weighted by molar-refractivity contribution is 6.00. The van der Waals surface area contributed by atoms with Crippen LogP contribution in [0.2, 0.25) is 0 Å². The maximum absolute atomic E-state index is 11.4. The normalized spacial score (nSPS) is 16.9. The second-order valence-electron chi connectivity index (χ2n) is 4.66. The SMILES string of the molecule is O=C1CC(C(=O)O)(c2cn(-c3ccccc3)nn2)C1. The zero-order chi connectivity index (χ0) is 13.5. The van der Waals surface area contributed by atoms with E-state index in [1.54, 1.807) is 6.20 Å². The summed E-state index contributed by atoms with van der Waals surface area (Å²) in [6.07, 6.45) is 1.57. The first-order valence-corrected chi connectivity index (χ1v) is 5.85. The number of nitrogens with zero attached hydrogens (tertiary/aromatic N) is 3. The number of aromatic nitrogens is 3. The molecule has 6 heteroatoms. The Morgan fingerprint density at radius 3 is 2.53 bits per heavy atom. The zero-order valence-corrected chi connectivity index (χ0v) is 9.98. The van der Waals surface area contributed by atoms with Gasteiger partial charge in [-0.1, -0.05) is 23.4 Å². The fourth-order valence-electron chi connectivity index (χ4n) is 2.25.